The van der Waals surface area contributed by atoms with Crippen LogP contribution in [0.4, 0.5) is 0 Å². The highest BCUT2D eigenvalue weighted by molar-refractivity contribution is 5.72. The van der Waals surface area contributed by atoms with E-state index < -0.39 is 0 Å². The molecule has 4 heteroatoms. The molecule has 0 amide bonds. The van der Waals surface area contributed by atoms with E-state index in [1.165, 1.54) is 0 Å². The summed E-state index contributed by atoms with van der Waals surface area (Å²) >= 11 is 0. The van der Waals surface area contributed by atoms with Crippen LogP contribution >= 0.6 is 0 Å². The number of carbonyl (C=O) groups excluding carboxylic acids is 1. The average Bonchev–Trinajstić information content (AvgIpc) is 2.36. The molecule has 0 aromatic carbocycles. The average molecular weight is 257 g/mol. The smallest absolute Gasteiger partial charge is 0.308 e. The Bertz CT molecular complexity index is 255. The normalized spacial score (nSPS) is 26.1. The van der Waals surface area contributed by atoms with Crippen molar-refractivity contribution < 1.29 is 14.6 Å². The highest BCUT2D eigenvalue weighted by atomic mass is 16.5. The zero-order valence-electron chi connectivity index (χ0n) is 11.8. The van der Waals surface area contributed by atoms with Crippen molar-refractivity contribution in [2.45, 2.75) is 58.5 Å². The molecule has 0 bridgehead atoms. The Balaban J connectivity index is 2.45. The molecule has 0 spiro atoms. The van der Waals surface area contributed by atoms with Crippen LogP contribution in [0.15, 0.2) is 0 Å². The van der Waals surface area contributed by atoms with Crippen molar-refractivity contribution in [1.29, 1.82) is 0 Å². The Morgan fingerprint density at radius 1 is 1.44 bits per heavy atom. The standard InChI is InChI=1S/C14H27NO3/c1-4-18-14(17)11-6-5-7-12(8-11)15-13(9-16)10(2)3/h10-13,15-16H,4-9H2,1-3H3. The zero-order chi connectivity index (χ0) is 13.5. The van der Waals surface area contributed by atoms with Gasteiger partial charge in [-0.3, -0.25) is 4.79 Å². The van der Waals surface area contributed by atoms with Crippen LogP contribution in [0.5, 0.6) is 0 Å². The first-order chi connectivity index (χ1) is 8.58. The minimum absolute atomic E-state index is 0.0303. The number of hydrogen-bond donors (Lipinski definition) is 2. The van der Waals surface area contributed by atoms with Gasteiger partial charge in [0.2, 0.25) is 0 Å². The van der Waals surface area contributed by atoms with Gasteiger partial charge in [-0.15, -0.1) is 0 Å². The van der Waals surface area contributed by atoms with Gasteiger partial charge < -0.3 is 15.2 Å². The van der Waals surface area contributed by atoms with Crippen LogP contribution < -0.4 is 5.32 Å². The summed E-state index contributed by atoms with van der Waals surface area (Å²) in [5.41, 5.74) is 0. The lowest BCUT2D eigenvalue weighted by atomic mass is 9.85. The van der Waals surface area contributed by atoms with Gasteiger partial charge in [0.1, 0.15) is 0 Å². The predicted octanol–water partition coefficient (Wildman–Crippen LogP) is 1.71. The minimum Gasteiger partial charge on any atom is -0.466 e. The van der Waals surface area contributed by atoms with E-state index in [9.17, 15) is 9.90 Å². The lowest BCUT2D eigenvalue weighted by Crippen LogP contribution is -2.46. The quantitative estimate of drug-likeness (QED) is 0.711. The third-order valence-electron chi connectivity index (χ3n) is 3.75. The second-order valence-corrected chi connectivity index (χ2v) is 5.51. The Morgan fingerprint density at radius 2 is 2.17 bits per heavy atom. The first kappa shape index (κ1) is 15.4. The number of esters is 1. The molecule has 0 saturated heterocycles. The van der Waals surface area contributed by atoms with E-state index in [0.29, 0.717) is 18.6 Å². The molecule has 0 aliphatic heterocycles. The minimum atomic E-state index is -0.0610. The van der Waals surface area contributed by atoms with Crippen molar-refractivity contribution in [3.8, 4) is 0 Å². The number of aliphatic hydroxyl groups is 1. The Labute approximate surface area is 110 Å². The van der Waals surface area contributed by atoms with Crippen molar-refractivity contribution in [2.75, 3.05) is 13.2 Å². The largest absolute Gasteiger partial charge is 0.466 e. The van der Waals surface area contributed by atoms with E-state index in [1.807, 2.05) is 6.92 Å². The fraction of sp³-hybridized carbons (Fsp3) is 0.929. The second-order valence-electron chi connectivity index (χ2n) is 5.51. The van der Waals surface area contributed by atoms with Crippen LogP contribution in [-0.4, -0.2) is 36.4 Å². The molecule has 18 heavy (non-hydrogen) atoms. The van der Waals surface area contributed by atoms with Crippen LogP contribution in [0.25, 0.3) is 0 Å². The molecule has 1 fully saturated rings. The van der Waals surface area contributed by atoms with Gasteiger partial charge in [0.15, 0.2) is 0 Å². The number of hydrogen-bond acceptors (Lipinski definition) is 4. The summed E-state index contributed by atoms with van der Waals surface area (Å²) in [7, 11) is 0. The number of rotatable bonds is 6. The van der Waals surface area contributed by atoms with Gasteiger partial charge in [-0.2, -0.15) is 0 Å². The van der Waals surface area contributed by atoms with Crippen LogP contribution in [0.2, 0.25) is 0 Å². The van der Waals surface area contributed by atoms with E-state index in [0.717, 1.165) is 25.7 Å². The molecule has 1 aliphatic carbocycles. The summed E-state index contributed by atoms with van der Waals surface area (Å²) in [6.07, 6.45) is 3.90. The third kappa shape index (κ3) is 4.58. The maximum atomic E-state index is 11.7. The monoisotopic (exact) mass is 257 g/mol. The van der Waals surface area contributed by atoms with Gasteiger partial charge in [0.25, 0.3) is 0 Å². The van der Waals surface area contributed by atoms with E-state index in [2.05, 4.69) is 19.2 Å². The first-order valence-corrected chi connectivity index (χ1v) is 7.12. The van der Waals surface area contributed by atoms with E-state index in [4.69, 9.17) is 4.74 Å². The summed E-state index contributed by atoms with van der Waals surface area (Å²) in [5.74, 6) is 0.370. The molecule has 3 unspecified atom stereocenters. The fourth-order valence-electron chi connectivity index (χ4n) is 2.57. The molecule has 0 radical (unpaired) electrons. The third-order valence-corrected chi connectivity index (χ3v) is 3.75. The Kier molecular flexibility index (Phi) is 6.65. The zero-order valence-corrected chi connectivity index (χ0v) is 11.8. The highest BCUT2D eigenvalue weighted by Gasteiger charge is 2.29. The maximum absolute atomic E-state index is 11.7. The molecule has 1 rings (SSSR count). The van der Waals surface area contributed by atoms with E-state index >= 15 is 0 Å². The first-order valence-electron chi connectivity index (χ1n) is 7.12. The Hall–Kier alpha value is -0.610. The van der Waals surface area contributed by atoms with Gasteiger partial charge in [0, 0.05) is 12.1 Å². The van der Waals surface area contributed by atoms with Crippen LogP contribution in [0, 0.1) is 11.8 Å². The summed E-state index contributed by atoms with van der Waals surface area (Å²) in [5, 5.41) is 12.8. The van der Waals surface area contributed by atoms with Crippen molar-refractivity contribution >= 4 is 5.97 Å². The highest BCUT2D eigenvalue weighted by Crippen LogP contribution is 2.26. The van der Waals surface area contributed by atoms with Gasteiger partial charge in [-0.05, 0) is 32.1 Å². The molecule has 106 valence electrons. The maximum Gasteiger partial charge on any atom is 0.308 e. The van der Waals surface area contributed by atoms with Gasteiger partial charge in [0.05, 0.1) is 19.1 Å². The summed E-state index contributed by atoms with van der Waals surface area (Å²) < 4.78 is 5.09. The molecule has 3 atom stereocenters. The van der Waals surface area contributed by atoms with Crippen molar-refractivity contribution in [3.05, 3.63) is 0 Å². The fourth-order valence-corrected chi connectivity index (χ4v) is 2.57. The molecule has 0 aromatic heterocycles. The Morgan fingerprint density at radius 3 is 2.72 bits per heavy atom. The summed E-state index contributed by atoms with van der Waals surface area (Å²) in [6.45, 7) is 6.65. The van der Waals surface area contributed by atoms with E-state index in [-0.39, 0.29) is 24.5 Å². The SMILES string of the molecule is CCOC(=O)C1CCCC(NC(CO)C(C)C)C1. The lowest BCUT2D eigenvalue weighted by Gasteiger charge is -2.32. The number of carbonyl (C=O) groups is 1. The van der Waals surface area contributed by atoms with Crippen LogP contribution in [0.3, 0.4) is 0 Å². The molecule has 4 nitrogen and oxygen atoms in total. The molecule has 0 heterocycles. The van der Waals surface area contributed by atoms with Gasteiger partial charge >= 0.3 is 5.97 Å². The molecule has 1 aliphatic rings. The van der Waals surface area contributed by atoms with Crippen LogP contribution in [-0.2, 0) is 9.53 Å². The molecule has 2 N–H and O–H groups in total. The predicted molar refractivity (Wildman–Crippen MR) is 71.2 cm³/mol. The summed E-state index contributed by atoms with van der Waals surface area (Å²) in [6, 6.07) is 0.448. The van der Waals surface area contributed by atoms with Crippen molar-refractivity contribution in [3.63, 3.8) is 0 Å². The van der Waals surface area contributed by atoms with Crippen molar-refractivity contribution in [1.82, 2.24) is 5.32 Å². The summed E-state index contributed by atoms with van der Waals surface area (Å²) in [4.78, 5) is 11.7. The van der Waals surface area contributed by atoms with Gasteiger partial charge in [-0.1, -0.05) is 20.3 Å². The second kappa shape index (κ2) is 7.74. The number of ether oxygens (including phenoxy) is 1. The van der Waals surface area contributed by atoms with Gasteiger partial charge in [-0.25, -0.2) is 0 Å². The number of aliphatic hydroxyl groups excluding tert-OH is 1. The van der Waals surface area contributed by atoms with Crippen molar-refractivity contribution in [2.24, 2.45) is 11.8 Å². The van der Waals surface area contributed by atoms with E-state index in [1.54, 1.807) is 0 Å². The lowest BCUT2D eigenvalue weighted by molar-refractivity contribution is -0.149. The molecule has 1 saturated carbocycles. The topological polar surface area (TPSA) is 58.6 Å². The molecular weight excluding hydrogens is 230 g/mol. The molecule has 0 aromatic rings. The number of nitrogens with one attached hydrogen (secondary N) is 1. The molecular formula is C14H27NO3. The van der Waals surface area contributed by atoms with Crippen LogP contribution in [0.1, 0.15) is 46.5 Å².